The lowest BCUT2D eigenvalue weighted by atomic mass is 9.97. The zero-order valence-corrected chi connectivity index (χ0v) is 20.0. The molecule has 35 heavy (non-hydrogen) atoms. The molecule has 0 saturated heterocycles. The van der Waals surface area contributed by atoms with Crippen LogP contribution in [-0.2, 0) is 6.42 Å². The number of aryl methyl sites for hydroxylation is 3. The number of ether oxygens (including phenoxy) is 1. The summed E-state index contributed by atoms with van der Waals surface area (Å²) in [4.78, 5) is 13.4. The molecule has 4 aromatic rings. The van der Waals surface area contributed by atoms with Crippen molar-refractivity contribution in [3.05, 3.63) is 65.1 Å². The van der Waals surface area contributed by atoms with Crippen LogP contribution >= 0.6 is 0 Å². The molecule has 0 aliphatic carbocycles. The number of nitrogens with zero attached hydrogens (tertiary/aromatic N) is 4. The van der Waals surface area contributed by atoms with Gasteiger partial charge in [-0.3, -0.25) is 9.55 Å². The maximum absolute atomic E-state index is 12.9. The second-order valence-corrected chi connectivity index (χ2v) is 8.54. The summed E-state index contributed by atoms with van der Waals surface area (Å²) >= 11 is 0. The standard InChI is InChI=1S/C26H27F3N4O2/c1-5-17-11-23(32-25(31-17)35-4)33-14-19(22(34)9-10-26(27,28)29)18-12-20(30-13-21(18)33)24-15(2)7-6-8-16(24)3/h6-8,11-14,22,34H,5,9-10H2,1-4H3. The van der Waals surface area contributed by atoms with Gasteiger partial charge in [-0.05, 0) is 43.9 Å². The molecule has 3 heterocycles. The Bertz CT molecular complexity index is 1320. The fourth-order valence-corrected chi connectivity index (χ4v) is 4.27. The number of rotatable bonds is 7. The Balaban J connectivity index is 1.92. The molecule has 9 heteroatoms. The molecular formula is C26H27F3N4O2. The molecule has 4 rings (SSSR count). The van der Waals surface area contributed by atoms with Gasteiger partial charge in [0.05, 0.1) is 30.6 Å². The van der Waals surface area contributed by atoms with Crippen molar-refractivity contribution >= 4 is 10.9 Å². The number of aliphatic hydroxyl groups is 1. The van der Waals surface area contributed by atoms with Crippen molar-refractivity contribution in [2.75, 3.05) is 7.11 Å². The minimum atomic E-state index is -4.36. The van der Waals surface area contributed by atoms with Gasteiger partial charge in [0.2, 0.25) is 0 Å². The van der Waals surface area contributed by atoms with Gasteiger partial charge in [0.15, 0.2) is 0 Å². The summed E-state index contributed by atoms with van der Waals surface area (Å²) in [7, 11) is 1.47. The first kappa shape index (κ1) is 24.7. The maximum Gasteiger partial charge on any atom is 0.389 e. The highest BCUT2D eigenvalue weighted by molar-refractivity contribution is 5.89. The van der Waals surface area contributed by atoms with Crippen LogP contribution in [0.5, 0.6) is 6.01 Å². The van der Waals surface area contributed by atoms with E-state index in [2.05, 4.69) is 15.0 Å². The monoisotopic (exact) mass is 484 g/mol. The highest BCUT2D eigenvalue weighted by Gasteiger charge is 2.29. The molecule has 0 amide bonds. The van der Waals surface area contributed by atoms with Gasteiger partial charge in [0.25, 0.3) is 0 Å². The average molecular weight is 485 g/mol. The van der Waals surface area contributed by atoms with Crippen LogP contribution in [0.25, 0.3) is 28.0 Å². The highest BCUT2D eigenvalue weighted by Crippen LogP contribution is 2.36. The lowest BCUT2D eigenvalue weighted by molar-refractivity contribution is -0.140. The molecule has 1 N–H and O–H groups in total. The van der Waals surface area contributed by atoms with E-state index in [1.165, 1.54) is 7.11 Å². The lowest BCUT2D eigenvalue weighted by Gasteiger charge is -2.13. The van der Waals surface area contributed by atoms with Crippen molar-refractivity contribution in [3.8, 4) is 23.1 Å². The van der Waals surface area contributed by atoms with E-state index < -0.39 is 25.1 Å². The molecule has 3 aromatic heterocycles. The van der Waals surface area contributed by atoms with Crippen molar-refractivity contribution in [3.63, 3.8) is 0 Å². The van der Waals surface area contributed by atoms with E-state index in [1.54, 1.807) is 23.0 Å². The van der Waals surface area contributed by atoms with E-state index >= 15 is 0 Å². The number of hydrogen-bond acceptors (Lipinski definition) is 5. The van der Waals surface area contributed by atoms with Crippen molar-refractivity contribution in [2.45, 2.75) is 52.3 Å². The summed E-state index contributed by atoms with van der Waals surface area (Å²) in [5, 5.41) is 11.4. The Hall–Kier alpha value is -3.46. The maximum atomic E-state index is 12.9. The smallest absolute Gasteiger partial charge is 0.389 e. The molecule has 0 aliphatic rings. The molecule has 0 radical (unpaired) electrons. The third-order valence-corrected chi connectivity index (χ3v) is 6.06. The van der Waals surface area contributed by atoms with Crippen molar-refractivity contribution in [1.82, 2.24) is 19.5 Å². The Kier molecular flexibility index (Phi) is 6.80. The molecule has 1 aromatic carbocycles. The lowest BCUT2D eigenvalue weighted by Crippen LogP contribution is -2.10. The molecule has 0 aliphatic heterocycles. The van der Waals surface area contributed by atoms with Crippen LogP contribution in [0.4, 0.5) is 13.2 Å². The van der Waals surface area contributed by atoms with E-state index in [0.29, 0.717) is 34.4 Å². The van der Waals surface area contributed by atoms with Crippen molar-refractivity contribution in [1.29, 1.82) is 0 Å². The first-order valence-electron chi connectivity index (χ1n) is 11.4. The summed E-state index contributed by atoms with van der Waals surface area (Å²) in [6, 6.07) is 9.72. The van der Waals surface area contributed by atoms with Crippen LogP contribution < -0.4 is 4.74 Å². The van der Waals surface area contributed by atoms with E-state index in [4.69, 9.17) is 4.74 Å². The van der Waals surface area contributed by atoms with Gasteiger partial charge >= 0.3 is 12.2 Å². The third kappa shape index (κ3) is 5.14. The number of fused-ring (bicyclic) bond motifs is 1. The summed E-state index contributed by atoms with van der Waals surface area (Å²) in [6.07, 6.45) is -3.28. The molecule has 0 saturated carbocycles. The Morgan fingerprint density at radius 3 is 2.46 bits per heavy atom. The first-order valence-corrected chi connectivity index (χ1v) is 11.4. The molecule has 0 bridgehead atoms. The van der Waals surface area contributed by atoms with E-state index in [-0.39, 0.29) is 6.01 Å². The summed E-state index contributed by atoms with van der Waals surface area (Å²) in [5.41, 5.74) is 5.44. The third-order valence-electron chi connectivity index (χ3n) is 6.06. The van der Waals surface area contributed by atoms with Crippen molar-refractivity contribution < 1.29 is 23.0 Å². The van der Waals surface area contributed by atoms with Crippen LogP contribution in [0.3, 0.4) is 0 Å². The fourth-order valence-electron chi connectivity index (χ4n) is 4.27. The van der Waals surface area contributed by atoms with Crippen LogP contribution in [0, 0.1) is 13.8 Å². The van der Waals surface area contributed by atoms with Crippen LogP contribution in [0.2, 0.25) is 0 Å². The zero-order chi connectivity index (χ0) is 25.3. The number of hydrogen-bond donors (Lipinski definition) is 1. The van der Waals surface area contributed by atoms with Crippen LogP contribution in [-0.4, -0.2) is 37.9 Å². The van der Waals surface area contributed by atoms with E-state index in [1.807, 2.05) is 45.0 Å². The molecule has 6 nitrogen and oxygen atoms in total. The molecular weight excluding hydrogens is 457 g/mol. The summed E-state index contributed by atoms with van der Waals surface area (Å²) < 4.78 is 45.7. The molecule has 0 spiro atoms. The van der Waals surface area contributed by atoms with Gasteiger partial charge in [0, 0.05) is 40.9 Å². The highest BCUT2D eigenvalue weighted by atomic mass is 19.4. The minimum Gasteiger partial charge on any atom is -0.467 e. The quantitative estimate of drug-likeness (QED) is 0.346. The van der Waals surface area contributed by atoms with Gasteiger partial charge in [-0.25, -0.2) is 4.98 Å². The second kappa shape index (κ2) is 9.65. The SMILES string of the molecule is CCc1cc(-n2cc(C(O)CCC(F)(F)F)c3cc(-c4c(C)cccc4C)ncc32)nc(OC)n1. The minimum absolute atomic E-state index is 0.181. The molecule has 1 unspecified atom stereocenters. The number of benzene rings is 1. The number of aromatic nitrogens is 4. The largest absolute Gasteiger partial charge is 0.467 e. The first-order chi connectivity index (χ1) is 16.6. The zero-order valence-electron chi connectivity index (χ0n) is 20.0. The summed E-state index contributed by atoms with van der Waals surface area (Å²) in [5.74, 6) is 0.481. The fraction of sp³-hybridized carbons (Fsp3) is 0.346. The Morgan fingerprint density at radius 1 is 1.11 bits per heavy atom. The van der Waals surface area contributed by atoms with Crippen LogP contribution in [0.15, 0.2) is 42.7 Å². The van der Waals surface area contributed by atoms with Crippen molar-refractivity contribution in [2.24, 2.45) is 0 Å². The predicted octanol–water partition coefficient (Wildman–Crippen LogP) is 6.05. The molecule has 1 atom stereocenters. The molecule has 0 fully saturated rings. The second-order valence-electron chi connectivity index (χ2n) is 8.54. The van der Waals surface area contributed by atoms with Gasteiger partial charge in [-0.15, -0.1) is 0 Å². The van der Waals surface area contributed by atoms with E-state index in [9.17, 15) is 18.3 Å². The number of methoxy groups -OCH3 is 1. The number of pyridine rings is 1. The number of alkyl halides is 3. The van der Waals surface area contributed by atoms with E-state index in [0.717, 1.165) is 22.4 Å². The Morgan fingerprint density at radius 2 is 1.83 bits per heavy atom. The average Bonchev–Trinajstić information content (AvgIpc) is 3.20. The van der Waals surface area contributed by atoms with Crippen LogP contribution in [0.1, 0.15) is 48.3 Å². The van der Waals surface area contributed by atoms with Gasteiger partial charge in [-0.1, -0.05) is 25.1 Å². The summed E-state index contributed by atoms with van der Waals surface area (Å²) in [6.45, 7) is 5.92. The van der Waals surface area contributed by atoms with Gasteiger partial charge < -0.3 is 9.84 Å². The number of halogens is 3. The normalized spacial score (nSPS) is 12.8. The predicted molar refractivity (Wildman–Crippen MR) is 128 cm³/mol. The van der Waals surface area contributed by atoms with Gasteiger partial charge in [-0.2, -0.15) is 18.2 Å². The number of aliphatic hydroxyl groups excluding tert-OH is 1. The topological polar surface area (TPSA) is 73.1 Å². The Labute approximate surface area is 201 Å². The molecule has 184 valence electrons. The van der Waals surface area contributed by atoms with Gasteiger partial charge in [0.1, 0.15) is 5.82 Å².